The first-order valence-corrected chi connectivity index (χ1v) is 9.57. The minimum atomic E-state index is 0.524. The molecule has 1 heterocycles. The maximum Gasteiger partial charge on any atom is 0.0302 e. The van der Waals surface area contributed by atoms with Gasteiger partial charge in [0.1, 0.15) is 0 Å². The van der Waals surface area contributed by atoms with Gasteiger partial charge in [0.15, 0.2) is 0 Å². The van der Waals surface area contributed by atoms with Crippen molar-refractivity contribution < 1.29 is 0 Å². The van der Waals surface area contributed by atoms with E-state index in [1.807, 2.05) is 11.3 Å². The van der Waals surface area contributed by atoms with Crippen LogP contribution in [0.2, 0.25) is 0 Å². The molecule has 2 saturated carbocycles. The summed E-state index contributed by atoms with van der Waals surface area (Å²) in [5.41, 5.74) is 1.47. The fourth-order valence-corrected chi connectivity index (χ4v) is 5.19. The van der Waals surface area contributed by atoms with Gasteiger partial charge in [-0.1, -0.05) is 44.9 Å². The molecular formula is C18H29NS. The summed E-state index contributed by atoms with van der Waals surface area (Å²) in [5.74, 6) is 1.96. The molecule has 0 amide bonds. The van der Waals surface area contributed by atoms with Gasteiger partial charge in [-0.15, -0.1) is 0 Å². The highest BCUT2D eigenvalue weighted by molar-refractivity contribution is 7.07. The first-order valence-electron chi connectivity index (χ1n) is 8.63. The van der Waals surface area contributed by atoms with E-state index in [1.54, 1.807) is 0 Å². The van der Waals surface area contributed by atoms with Gasteiger partial charge >= 0.3 is 0 Å². The SMILES string of the molecule is CC(NC1CCCCC1C1CCCCC1)c1ccsc1. The fraction of sp³-hybridized carbons (Fsp3) is 0.778. The normalized spacial score (nSPS) is 30.2. The van der Waals surface area contributed by atoms with Gasteiger partial charge in [0, 0.05) is 12.1 Å². The van der Waals surface area contributed by atoms with Crippen LogP contribution in [0.15, 0.2) is 16.8 Å². The molecule has 3 atom stereocenters. The lowest BCUT2D eigenvalue weighted by molar-refractivity contribution is 0.143. The van der Waals surface area contributed by atoms with Crippen molar-refractivity contribution in [3.05, 3.63) is 22.4 Å². The lowest BCUT2D eigenvalue weighted by Crippen LogP contribution is -2.43. The van der Waals surface area contributed by atoms with Crippen molar-refractivity contribution in [1.29, 1.82) is 0 Å². The Labute approximate surface area is 128 Å². The van der Waals surface area contributed by atoms with Gasteiger partial charge in [0.2, 0.25) is 0 Å². The van der Waals surface area contributed by atoms with E-state index in [0.29, 0.717) is 6.04 Å². The van der Waals surface area contributed by atoms with E-state index >= 15 is 0 Å². The van der Waals surface area contributed by atoms with Gasteiger partial charge in [-0.2, -0.15) is 11.3 Å². The Bertz CT molecular complexity index is 380. The first-order chi connectivity index (χ1) is 9.84. The Balaban J connectivity index is 1.62. The van der Waals surface area contributed by atoms with Crippen LogP contribution in [-0.2, 0) is 0 Å². The number of hydrogen-bond acceptors (Lipinski definition) is 2. The second-order valence-electron chi connectivity index (χ2n) is 6.90. The zero-order valence-corrected chi connectivity index (χ0v) is 13.6. The van der Waals surface area contributed by atoms with Crippen LogP contribution < -0.4 is 5.32 Å². The zero-order valence-electron chi connectivity index (χ0n) is 12.8. The molecule has 1 aromatic heterocycles. The molecule has 0 radical (unpaired) electrons. The van der Waals surface area contributed by atoms with Crippen LogP contribution in [0.25, 0.3) is 0 Å². The molecule has 0 saturated heterocycles. The van der Waals surface area contributed by atoms with Gasteiger partial charge in [-0.3, -0.25) is 0 Å². The largest absolute Gasteiger partial charge is 0.307 e. The molecule has 2 aliphatic carbocycles. The van der Waals surface area contributed by atoms with Gasteiger partial charge in [-0.25, -0.2) is 0 Å². The van der Waals surface area contributed by atoms with E-state index in [9.17, 15) is 0 Å². The van der Waals surface area contributed by atoms with Gasteiger partial charge in [-0.05, 0) is 54.0 Å². The molecule has 3 rings (SSSR count). The molecule has 2 heteroatoms. The quantitative estimate of drug-likeness (QED) is 0.768. The summed E-state index contributed by atoms with van der Waals surface area (Å²) in [6.45, 7) is 2.34. The Morgan fingerprint density at radius 1 is 1.05 bits per heavy atom. The summed E-state index contributed by atoms with van der Waals surface area (Å²) in [6, 6.07) is 3.57. The molecule has 3 unspecified atom stereocenters. The molecule has 0 spiro atoms. The first kappa shape index (κ1) is 14.6. The zero-order chi connectivity index (χ0) is 13.8. The van der Waals surface area contributed by atoms with Crippen LogP contribution in [0.3, 0.4) is 0 Å². The highest BCUT2D eigenvalue weighted by Crippen LogP contribution is 2.39. The lowest BCUT2D eigenvalue weighted by Gasteiger charge is -2.40. The van der Waals surface area contributed by atoms with Crippen molar-refractivity contribution in [3.8, 4) is 0 Å². The van der Waals surface area contributed by atoms with E-state index in [4.69, 9.17) is 0 Å². The molecule has 0 bridgehead atoms. The average Bonchev–Trinajstić information content (AvgIpc) is 3.03. The van der Waals surface area contributed by atoms with Crippen LogP contribution in [0.1, 0.15) is 76.3 Å². The van der Waals surface area contributed by atoms with Crippen molar-refractivity contribution in [2.24, 2.45) is 11.8 Å². The van der Waals surface area contributed by atoms with Crippen molar-refractivity contribution >= 4 is 11.3 Å². The number of thiophene rings is 1. The predicted octanol–water partition coefficient (Wildman–Crippen LogP) is 5.54. The molecular weight excluding hydrogens is 262 g/mol. The average molecular weight is 292 g/mol. The Morgan fingerprint density at radius 2 is 1.80 bits per heavy atom. The molecule has 0 aromatic carbocycles. The minimum absolute atomic E-state index is 0.524. The van der Waals surface area contributed by atoms with Gasteiger partial charge in [0.25, 0.3) is 0 Å². The van der Waals surface area contributed by atoms with E-state index in [0.717, 1.165) is 17.9 Å². The number of hydrogen-bond donors (Lipinski definition) is 1. The molecule has 112 valence electrons. The Kier molecular flexibility index (Phi) is 5.17. The Hall–Kier alpha value is -0.340. The third-order valence-corrected chi connectivity index (χ3v) is 6.28. The van der Waals surface area contributed by atoms with E-state index in [-0.39, 0.29) is 0 Å². The number of nitrogens with one attached hydrogen (secondary N) is 1. The van der Waals surface area contributed by atoms with Crippen LogP contribution >= 0.6 is 11.3 Å². The Morgan fingerprint density at radius 3 is 2.55 bits per heavy atom. The van der Waals surface area contributed by atoms with Crippen molar-refractivity contribution in [2.45, 2.75) is 76.8 Å². The molecule has 1 N–H and O–H groups in total. The summed E-state index contributed by atoms with van der Waals surface area (Å²) in [4.78, 5) is 0. The van der Waals surface area contributed by atoms with Crippen molar-refractivity contribution in [3.63, 3.8) is 0 Å². The van der Waals surface area contributed by atoms with Crippen LogP contribution in [0, 0.1) is 11.8 Å². The molecule has 2 aliphatic rings. The lowest BCUT2D eigenvalue weighted by atomic mass is 9.71. The summed E-state index contributed by atoms with van der Waals surface area (Å²) in [7, 11) is 0. The third kappa shape index (κ3) is 3.46. The molecule has 20 heavy (non-hydrogen) atoms. The molecule has 1 aromatic rings. The van der Waals surface area contributed by atoms with Crippen LogP contribution in [-0.4, -0.2) is 6.04 Å². The van der Waals surface area contributed by atoms with E-state index in [2.05, 4.69) is 29.1 Å². The fourth-order valence-electron chi connectivity index (χ4n) is 4.43. The maximum atomic E-state index is 3.98. The predicted molar refractivity (Wildman–Crippen MR) is 88.2 cm³/mol. The summed E-state index contributed by atoms with van der Waals surface area (Å²) >= 11 is 1.82. The van der Waals surface area contributed by atoms with Gasteiger partial charge < -0.3 is 5.32 Å². The smallest absolute Gasteiger partial charge is 0.0302 e. The van der Waals surface area contributed by atoms with Crippen molar-refractivity contribution in [2.75, 3.05) is 0 Å². The van der Waals surface area contributed by atoms with E-state index in [1.165, 1.54) is 63.4 Å². The topological polar surface area (TPSA) is 12.0 Å². The summed E-state index contributed by atoms with van der Waals surface area (Å²) in [6.07, 6.45) is 13.2. The second kappa shape index (κ2) is 7.09. The molecule has 2 fully saturated rings. The molecule has 1 nitrogen and oxygen atoms in total. The van der Waals surface area contributed by atoms with E-state index < -0.39 is 0 Å². The van der Waals surface area contributed by atoms with Gasteiger partial charge in [0.05, 0.1) is 0 Å². The van der Waals surface area contributed by atoms with Crippen LogP contribution in [0.4, 0.5) is 0 Å². The maximum absolute atomic E-state index is 3.98. The van der Waals surface area contributed by atoms with Crippen molar-refractivity contribution in [1.82, 2.24) is 5.32 Å². The second-order valence-corrected chi connectivity index (χ2v) is 7.68. The third-order valence-electron chi connectivity index (χ3n) is 5.58. The highest BCUT2D eigenvalue weighted by Gasteiger charge is 2.33. The van der Waals surface area contributed by atoms with Crippen LogP contribution in [0.5, 0.6) is 0 Å². The number of rotatable bonds is 4. The molecule has 0 aliphatic heterocycles. The summed E-state index contributed by atoms with van der Waals surface area (Å²) < 4.78 is 0. The monoisotopic (exact) mass is 291 g/mol. The summed E-state index contributed by atoms with van der Waals surface area (Å²) in [5, 5.41) is 8.48. The minimum Gasteiger partial charge on any atom is -0.307 e. The standard InChI is InChI=1S/C18H29NS/c1-14(16-11-12-20-13-16)19-18-10-6-5-9-17(18)15-7-3-2-4-8-15/h11-15,17-19H,2-10H2,1H3. The highest BCUT2D eigenvalue weighted by atomic mass is 32.1.